The van der Waals surface area contributed by atoms with Crippen LogP contribution in [0.3, 0.4) is 0 Å². The number of hydrogen-bond donors (Lipinski definition) is 2. The van der Waals surface area contributed by atoms with E-state index in [1.807, 2.05) is 12.1 Å². The van der Waals surface area contributed by atoms with E-state index >= 15 is 0 Å². The highest BCUT2D eigenvalue weighted by atomic mass is 32.1. The molecule has 1 fully saturated rings. The Kier molecular flexibility index (Phi) is 5.03. The predicted octanol–water partition coefficient (Wildman–Crippen LogP) is 2.09. The van der Waals surface area contributed by atoms with Crippen molar-refractivity contribution in [3.05, 3.63) is 42.4 Å². The molecule has 2 N–H and O–H groups in total. The van der Waals surface area contributed by atoms with Gasteiger partial charge in [-0.1, -0.05) is 11.3 Å². The molecule has 1 saturated heterocycles. The van der Waals surface area contributed by atoms with Crippen molar-refractivity contribution in [3.63, 3.8) is 0 Å². The lowest BCUT2D eigenvalue weighted by Crippen LogP contribution is -2.36. The number of carbonyl (C=O) groups is 2. The second-order valence-corrected chi connectivity index (χ2v) is 7.00. The fraction of sp³-hybridized carbons (Fsp3) is 0.278. The predicted molar refractivity (Wildman–Crippen MR) is 102 cm³/mol. The quantitative estimate of drug-likeness (QED) is 0.697. The minimum atomic E-state index is -0.428. The van der Waals surface area contributed by atoms with Crippen LogP contribution in [0.1, 0.15) is 10.6 Å². The zero-order chi connectivity index (χ0) is 18.6. The van der Waals surface area contributed by atoms with Crippen molar-refractivity contribution in [2.45, 2.75) is 0 Å². The average Bonchev–Trinajstić information content (AvgIpc) is 3.36. The molecule has 1 aromatic carbocycles. The van der Waals surface area contributed by atoms with Gasteiger partial charge in [-0.05, 0) is 30.3 Å². The molecule has 0 spiro atoms. The van der Waals surface area contributed by atoms with Gasteiger partial charge in [0.1, 0.15) is 0 Å². The molecule has 8 nitrogen and oxygen atoms in total. The van der Waals surface area contributed by atoms with Gasteiger partial charge in [-0.2, -0.15) is 0 Å². The van der Waals surface area contributed by atoms with Crippen LogP contribution in [0.25, 0.3) is 10.2 Å². The minimum Gasteiger partial charge on any atom is -0.459 e. The summed E-state index contributed by atoms with van der Waals surface area (Å²) in [6.45, 7) is 2.94. The lowest BCUT2D eigenvalue weighted by atomic mass is 10.3. The van der Waals surface area contributed by atoms with Gasteiger partial charge in [0, 0.05) is 18.8 Å². The molecule has 3 aromatic rings. The van der Waals surface area contributed by atoms with Crippen LogP contribution in [0.4, 0.5) is 10.8 Å². The first-order chi connectivity index (χ1) is 13.2. The number of hydrogen-bond acceptors (Lipinski definition) is 7. The number of furan rings is 1. The third-order valence-electron chi connectivity index (χ3n) is 4.10. The topological polar surface area (TPSA) is 96.7 Å². The van der Waals surface area contributed by atoms with Crippen molar-refractivity contribution in [1.82, 2.24) is 10.3 Å². The molecule has 4 rings (SSSR count). The van der Waals surface area contributed by atoms with E-state index in [1.165, 1.54) is 12.3 Å². The maximum Gasteiger partial charge on any atom is 0.287 e. The molecule has 0 aliphatic carbocycles. The molecular formula is C18H18N4O4S. The summed E-state index contributed by atoms with van der Waals surface area (Å²) >= 11 is 1.59. The van der Waals surface area contributed by atoms with Crippen LogP contribution in [0.15, 0.2) is 41.0 Å². The number of carbonyl (C=O) groups excluding carboxylic acids is 2. The Labute approximate surface area is 159 Å². The number of anilines is 2. The summed E-state index contributed by atoms with van der Waals surface area (Å²) in [5, 5.41) is 6.26. The van der Waals surface area contributed by atoms with E-state index in [0.717, 1.165) is 28.4 Å². The molecule has 0 saturated carbocycles. The zero-order valence-corrected chi connectivity index (χ0v) is 15.3. The van der Waals surface area contributed by atoms with Crippen LogP contribution in [-0.4, -0.2) is 49.6 Å². The third-order valence-corrected chi connectivity index (χ3v) is 5.18. The molecule has 0 bridgehead atoms. The fourth-order valence-corrected chi connectivity index (χ4v) is 3.80. The maximum absolute atomic E-state index is 12.1. The highest BCUT2D eigenvalue weighted by Gasteiger charge is 2.16. The zero-order valence-electron chi connectivity index (χ0n) is 14.4. The Morgan fingerprint density at radius 2 is 2.07 bits per heavy atom. The van der Waals surface area contributed by atoms with Gasteiger partial charge >= 0.3 is 0 Å². The number of nitrogens with zero attached hydrogens (tertiary/aromatic N) is 2. The van der Waals surface area contributed by atoms with Crippen molar-refractivity contribution >= 4 is 44.2 Å². The number of morpholine rings is 1. The highest BCUT2D eigenvalue weighted by molar-refractivity contribution is 7.22. The largest absolute Gasteiger partial charge is 0.459 e. The summed E-state index contributed by atoms with van der Waals surface area (Å²) in [7, 11) is 0. The average molecular weight is 386 g/mol. The van der Waals surface area contributed by atoms with Crippen LogP contribution >= 0.6 is 11.3 Å². The molecule has 1 aliphatic rings. The number of nitrogens with one attached hydrogen (secondary N) is 2. The van der Waals surface area contributed by atoms with Gasteiger partial charge in [0.15, 0.2) is 10.9 Å². The fourth-order valence-electron chi connectivity index (χ4n) is 2.74. The molecule has 1 aliphatic heterocycles. The first kappa shape index (κ1) is 17.5. The summed E-state index contributed by atoms with van der Waals surface area (Å²) < 4.78 is 11.4. The van der Waals surface area contributed by atoms with Gasteiger partial charge in [-0.3, -0.25) is 9.59 Å². The highest BCUT2D eigenvalue weighted by Crippen LogP contribution is 2.31. The van der Waals surface area contributed by atoms with Gasteiger partial charge in [0.2, 0.25) is 5.91 Å². The van der Waals surface area contributed by atoms with Gasteiger partial charge in [-0.25, -0.2) is 4.98 Å². The smallest absolute Gasteiger partial charge is 0.287 e. The Morgan fingerprint density at radius 3 is 2.85 bits per heavy atom. The summed E-state index contributed by atoms with van der Waals surface area (Å²) in [6.07, 6.45) is 1.41. The van der Waals surface area contributed by atoms with Gasteiger partial charge in [0.05, 0.1) is 36.2 Å². The molecule has 3 heterocycles. The number of benzene rings is 1. The molecule has 0 radical (unpaired) electrons. The number of aromatic nitrogens is 1. The molecule has 27 heavy (non-hydrogen) atoms. The van der Waals surface area contributed by atoms with Crippen molar-refractivity contribution in [2.75, 3.05) is 43.1 Å². The lowest BCUT2D eigenvalue weighted by Gasteiger charge is -2.25. The molecule has 140 valence electrons. The third kappa shape index (κ3) is 4.09. The monoisotopic (exact) mass is 386 g/mol. The van der Waals surface area contributed by atoms with E-state index in [9.17, 15) is 9.59 Å². The summed E-state index contributed by atoms with van der Waals surface area (Å²) in [6, 6.07) is 8.73. The molecule has 2 aromatic heterocycles. The van der Waals surface area contributed by atoms with Crippen LogP contribution in [-0.2, 0) is 9.53 Å². The standard InChI is InChI=1S/C18H18N4O4S/c23-16(11-19-17(24)14-2-1-7-26-14)20-12-3-4-13-15(10-12)27-18(21-13)22-5-8-25-9-6-22/h1-4,7,10H,5-6,8-9,11H2,(H,19,24)(H,20,23). The van der Waals surface area contributed by atoms with Crippen molar-refractivity contribution in [1.29, 1.82) is 0 Å². The van der Waals surface area contributed by atoms with E-state index in [2.05, 4.69) is 20.5 Å². The van der Waals surface area contributed by atoms with E-state index < -0.39 is 5.91 Å². The van der Waals surface area contributed by atoms with Gasteiger partial charge in [-0.15, -0.1) is 0 Å². The number of fused-ring (bicyclic) bond motifs is 1. The van der Waals surface area contributed by atoms with Crippen LogP contribution in [0.2, 0.25) is 0 Å². The van der Waals surface area contributed by atoms with Gasteiger partial charge < -0.3 is 24.7 Å². The molecule has 0 atom stereocenters. The van der Waals surface area contributed by atoms with Crippen molar-refractivity contribution < 1.29 is 18.7 Å². The summed E-state index contributed by atoms with van der Waals surface area (Å²) in [5.41, 5.74) is 1.56. The second-order valence-electron chi connectivity index (χ2n) is 5.99. The lowest BCUT2D eigenvalue weighted by molar-refractivity contribution is -0.115. The van der Waals surface area contributed by atoms with Crippen LogP contribution in [0, 0.1) is 0 Å². The maximum atomic E-state index is 12.1. The van der Waals surface area contributed by atoms with E-state index in [0.29, 0.717) is 18.9 Å². The Balaban J connectivity index is 1.38. The Bertz CT molecular complexity index is 948. The van der Waals surface area contributed by atoms with Crippen LogP contribution < -0.4 is 15.5 Å². The van der Waals surface area contributed by atoms with Crippen LogP contribution in [0.5, 0.6) is 0 Å². The van der Waals surface area contributed by atoms with E-state index in [4.69, 9.17) is 9.15 Å². The summed E-state index contributed by atoms with van der Waals surface area (Å²) in [5.74, 6) is -0.570. The number of ether oxygens (including phenoxy) is 1. The Morgan fingerprint density at radius 1 is 1.22 bits per heavy atom. The molecule has 2 amide bonds. The minimum absolute atomic E-state index is 0.140. The number of amides is 2. The van der Waals surface area contributed by atoms with Crippen molar-refractivity contribution in [3.8, 4) is 0 Å². The SMILES string of the molecule is O=C(CNC(=O)c1ccco1)Nc1ccc2nc(N3CCOCC3)sc2c1. The van der Waals surface area contributed by atoms with E-state index in [-0.39, 0.29) is 18.2 Å². The molecule has 9 heteroatoms. The first-order valence-electron chi connectivity index (χ1n) is 8.54. The number of rotatable bonds is 5. The molecule has 0 unspecified atom stereocenters. The molecular weight excluding hydrogens is 368 g/mol. The van der Waals surface area contributed by atoms with Gasteiger partial charge in [0.25, 0.3) is 5.91 Å². The number of thiazole rings is 1. The Hall–Kier alpha value is -2.91. The van der Waals surface area contributed by atoms with E-state index in [1.54, 1.807) is 23.5 Å². The second kappa shape index (κ2) is 7.77. The normalized spacial score (nSPS) is 14.3. The first-order valence-corrected chi connectivity index (χ1v) is 9.35. The van der Waals surface area contributed by atoms with Crippen molar-refractivity contribution in [2.24, 2.45) is 0 Å². The summed E-state index contributed by atoms with van der Waals surface area (Å²) in [4.78, 5) is 30.7.